The van der Waals surface area contributed by atoms with Crippen LogP contribution in [0, 0.1) is 20.8 Å². The number of aryl methyl sites for hydroxylation is 3. The summed E-state index contributed by atoms with van der Waals surface area (Å²) in [6.07, 6.45) is 0. The van der Waals surface area contributed by atoms with E-state index in [1.807, 2.05) is 30.5 Å². The molecule has 29 heavy (non-hydrogen) atoms. The molecule has 0 fully saturated rings. The highest BCUT2D eigenvalue weighted by Gasteiger charge is 2.13. The van der Waals surface area contributed by atoms with Crippen LogP contribution in [0.25, 0.3) is 0 Å². The second-order valence-electron chi connectivity index (χ2n) is 7.08. The number of carbonyl (C=O) groups excluding carboxylic acids is 1. The van der Waals surface area contributed by atoms with Crippen molar-refractivity contribution >= 4 is 29.0 Å². The predicted molar refractivity (Wildman–Crippen MR) is 119 cm³/mol. The Hall–Kier alpha value is -2.80. The van der Waals surface area contributed by atoms with Gasteiger partial charge in [0.05, 0.1) is 12.3 Å². The van der Waals surface area contributed by atoms with Crippen LogP contribution in [0.4, 0.5) is 11.4 Å². The second kappa shape index (κ2) is 9.60. The monoisotopic (exact) mass is 409 g/mol. The van der Waals surface area contributed by atoms with Crippen molar-refractivity contribution in [3.63, 3.8) is 0 Å². The molecule has 0 spiro atoms. The van der Waals surface area contributed by atoms with Crippen LogP contribution in [-0.4, -0.2) is 26.4 Å². The van der Waals surface area contributed by atoms with Gasteiger partial charge in [-0.2, -0.15) is 0 Å². The van der Waals surface area contributed by atoms with E-state index < -0.39 is 0 Å². The molecule has 0 aliphatic carbocycles. The van der Waals surface area contributed by atoms with E-state index in [2.05, 4.69) is 65.0 Å². The van der Waals surface area contributed by atoms with Crippen LogP contribution in [-0.2, 0) is 17.9 Å². The van der Waals surface area contributed by atoms with Crippen LogP contribution in [0.2, 0.25) is 0 Å². The summed E-state index contributed by atoms with van der Waals surface area (Å²) in [4.78, 5) is 12.4. The highest BCUT2D eigenvalue weighted by atomic mass is 32.2. The predicted octanol–water partition coefficient (Wildman–Crippen LogP) is 4.57. The van der Waals surface area contributed by atoms with Gasteiger partial charge in [0.1, 0.15) is 0 Å². The Morgan fingerprint density at radius 3 is 2.31 bits per heavy atom. The van der Waals surface area contributed by atoms with Crippen molar-refractivity contribution in [2.24, 2.45) is 0 Å². The molecule has 7 heteroatoms. The topological polar surface area (TPSA) is 71.8 Å². The van der Waals surface area contributed by atoms with Gasteiger partial charge in [-0.25, -0.2) is 0 Å². The number of hydrogen-bond acceptors (Lipinski definition) is 5. The van der Waals surface area contributed by atoms with Crippen molar-refractivity contribution in [1.29, 1.82) is 0 Å². The van der Waals surface area contributed by atoms with Crippen LogP contribution in [0.5, 0.6) is 0 Å². The molecule has 0 unspecified atom stereocenters. The van der Waals surface area contributed by atoms with Crippen molar-refractivity contribution in [3.8, 4) is 0 Å². The number of rotatable bonds is 8. The molecule has 2 N–H and O–H groups in total. The Balaban J connectivity index is 1.58. The maximum absolute atomic E-state index is 12.4. The van der Waals surface area contributed by atoms with Crippen molar-refractivity contribution < 1.29 is 4.79 Å². The van der Waals surface area contributed by atoms with Crippen LogP contribution < -0.4 is 10.6 Å². The summed E-state index contributed by atoms with van der Waals surface area (Å²) in [5, 5.41) is 15.7. The van der Waals surface area contributed by atoms with Crippen LogP contribution >= 0.6 is 11.8 Å². The Morgan fingerprint density at radius 2 is 1.66 bits per heavy atom. The van der Waals surface area contributed by atoms with E-state index in [4.69, 9.17) is 0 Å². The SMILES string of the molecule is CCn1c(CNc2ccc(C)cc2)nnc1SCC(=O)Nc1cc(C)cc(C)c1. The standard InChI is InChI=1S/C22H27N5OS/c1-5-27-20(13-23-18-8-6-15(2)7-9-18)25-26-22(27)29-14-21(28)24-19-11-16(3)10-17(4)12-19/h6-12,23H,5,13-14H2,1-4H3,(H,24,28). The van der Waals surface area contributed by atoms with Crippen LogP contribution in [0.1, 0.15) is 29.4 Å². The fourth-order valence-corrected chi connectivity index (χ4v) is 3.92. The lowest BCUT2D eigenvalue weighted by molar-refractivity contribution is -0.113. The molecule has 0 aliphatic heterocycles. The first kappa shape index (κ1) is 20.9. The number of hydrogen-bond donors (Lipinski definition) is 2. The van der Waals surface area contributed by atoms with Gasteiger partial charge in [-0.05, 0) is 63.1 Å². The number of benzene rings is 2. The largest absolute Gasteiger partial charge is 0.378 e. The maximum atomic E-state index is 12.4. The van der Waals surface area contributed by atoms with Gasteiger partial charge in [0.15, 0.2) is 11.0 Å². The van der Waals surface area contributed by atoms with Crippen LogP contribution in [0.15, 0.2) is 47.6 Å². The molecule has 152 valence electrons. The molecular formula is C22H27N5OS. The number of thioether (sulfide) groups is 1. The van der Waals surface area contributed by atoms with E-state index in [-0.39, 0.29) is 11.7 Å². The Bertz CT molecular complexity index is 961. The molecule has 3 aromatic rings. The number of nitrogens with zero attached hydrogens (tertiary/aromatic N) is 3. The van der Waals surface area contributed by atoms with E-state index >= 15 is 0 Å². The lowest BCUT2D eigenvalue weighted by Crippen LogP contribution is -2.15. The summed E-state index contributed by atoms with van der Waals surface area (Å²) in [5.74, 6) is 1.09. The summed E-state index contributed by atoms with van der Waals surface area (Å²) in [5.41, 5.74) is 5.36. The zero-order chi connectivity index (χ0) is 20.8. The molecule has 0 saturated heterocycles. The van der Waals surface area contributed by atoms with Gasteiger partial charge >= 0.3 is 0 Å². The third-order valence-electron chi connectivity index (χ3n) is 4.45. The van der Waals surface area contributed by atoms with E-state index in [9.17, 15) is 4.79 Å². The molecule has 6 nitrogen and oxygen atoms in total. The fraction of sp³-hybridized carbons (Fsp3) is 0.318. The fourth-order valence-electron chi connectivity index (χ4n) is 3.10. The van der Waals surface area contributed by atoms with Gasteiger partial charge in [0, 0.05) is 17.9 Å². The number of nitrogens with one attached hydrogen (secondary N) is 2. The zero-order valence-electron chi connectivity index (χ0n) is 17.3. The molecule has 1 heterocycles. The first-order valence-corrected chi connectivity index (χ1v) is 10.7. The van der Waals surface area contributed by atoms with E-state index in [1.165, 1.54) is 17.3 Å². The summed E-state index contributed by atoms with van der Waals surface area (Å²) < 4.78 is 2.04. The van der Waals surface area contributed by atoms with Crippen molar-refractivity contribution in [1.82, 2.24) is 14.8 Å². The van der Waals surface area contributed by atoms with Gasteiger partial charge in [-0.15, -0.1) is 10.2 Å². The van der Waals surface area contributed by atoms with Gasteiger partial charge < -0.3 is 15.2 Å². The molecule has 1 aromatic heterocycles. The molecule has 0 aliphatic rings. The normalized spacial score (nSPS) is 10.8. The molecule has 3 rings (SSSR count). The van der Waals surface area contributed by atoms with Gasteiger partial charge in [-0.1, -0.05) is 35.5 Å². The van der Waals surface area contributed by atoms with E-state index in [0.29, 0.717) is 6.54 Å². The Morgan fingerprint density at radius 1 is 0.966 bits per heavy atom. The first-order chi connectivity index (χ1) is 13.9. The van der Waals surface area contributed by atoms with Gasteiger partial charge in [-0.3, -0.25) is 4.79 Å². The second-order valence-corrected chi connectivity index (χ2v) is 8.02. The average molecular weight is 410 g/mol. The van der Waals surface area contributed by atoms with Crippen molar-refractivity contribution in [2.75, 3.05) is 16.4 Å². The van der Waals surface area contributed by atoms with E-state index in [1.54, 1.807) is 0 Å². The number of aromatic nitrogens is 3. The lowest BCUT2D eigenvalue weighted by atomic mass is 10.1. The van der Waals surface area contributed by atoms with Crippen molar-refractivity contribution in [3.05, 3.63) is 65.0 Å². The quantitative estimate of drug-likeness (QED) is 0.534. The zero-order valence-corrected chi connectivity index (χ0v) is 18.1. The summed E-state index contributed by atoms with van der Waals surface area (Å²) in [6.45, 7) is 9.49. The number of anilines is 2. The highest BCUT2D eigenvalue weighted by molar-refractivity contribution is 7.99. The molecular weight excluding hydrogens is 382 g/mol. The lowest BCUT2D eigenvalue weighted by Gasteiger charge is -2.10. The minimum absolute atomic E-state index is 0.0509. The van der Waals surface area contributed by atoms with Gasteiger partial charge in [0.25, 0.3) is 0 Å². The highest BCUT2D eigenvalue weighted by Crippen LogP contribution is 2.19. The first-order valence-electron chi connectivity index (χ1n) is 9.68. The van der Waals surface area contributed by atoms with Gasteiger partial charge in [0.2, 0.25) is 5.91 Å². The Labute approximate surface area is 176 Å². The van der Waals surface area contributed by atoms with E-state index in [0.717, 1.165) is 40.0 Å². The molecule has 0 atom stereocenters. The molecule has 0 radical (unpaired) electrons. The maximum Gasteiger partial charge on any atom is 0.234 e. The minimum Gasteiger partial charge on any atom is -0.378 e. The Kier molecular flexibility index (Phi) is 6.93. The molecule has 0 saturated carbocycles. The third kappa shape index (κ3) is 5.84. The number of amides is 1. The summed E-state index contributed by atoms with van der Waals surface area (Å²) >= 11 is 1.40. The number of carbonyl (C=O) groups is 1. The minimum atomic E-state index is -0.0509. The van der Waals surface area contributed by atoms with Crippen LogP contribution in [0.3, 0.4) is 0 Å². The molecule has 2 aromatic carbocycles. The summed E-state index contributed by atoms with van der Waals surface area (Å²) in [6, 6.07) is 14.3. The van der Waals surface area contributed by atoms with Crippen molar-refractivity contribution in [2.45, 2.75) is 45.9 Å². The molecule has 1 amide bonds. The average Bonchev–Trinajstić information content (AvgIpc) is 3.07. The smallest absolute Gasteiger partial charge is 0.234 e. The summed E-state index contributed by atoms with van der Waals surface area (Å²) in [7, 11) is 0. The third-order valence-corrected chi connectivity index (χ3v) is 5.42. The molecule has 0 bridgehead atoms.